The number of fused-ring (bicyclic) bond motifs is 1. The summed E-state index contributed by atoms with van der Waals surface area (Å²) >= 11 is 0. The molecule has 5 rings (SSSR count). The number of nitrogens with one attached hydrogen (secondary N) is 1. The molecule has 0 radical (unpaired) electrons. The van der Waals surface area contributed by atoms with Crippen LogP contribution in [0.25, 0.3) is 0 Å². The van der Waals surface area contributed by atoms with Crippen LogP contribution >= 0.6 is 0 Å². The third-order valence-electron chi connectivity index (χ3n) is 6.20. The maximum atomic E-state index is 11.6. The van der Waals surface area contributed by atoms with Crippen molar-refractivity contribution in [1.82, 2.24) is 20.0 Å². The number of anilines is 1. The van der Waals surface area contributed by atoms with Gasteiger partial charge in [-0.1, -0.05) is 60.7 Å². The largest absolute Gasteiger partial charge is 0.412 e. The first kappa shape index (κ1) is 33.4. The highest BCUT2D eigenvalue weighted by atomic mass is 16.2. The number of piperidine rings is 1. The zero-order valence-electron chi connectivity index (χ0n) is 22.6. The molecule has 1 fully saturated rings. The monoisotopic (exact) mass is 538 g/mol. The van der Waals surface area contributed by atoms with Gasteiger partial charge in [0.25, 0.3) is 0 Å². The van der Waals surface area contributed by atoms with Crippen molar-refractivity contribution in [3.8, 4) is 6.07 Å². The van der Waals surface area contributed by atoms with E-state index in [9.17, 15) is 4.79 Å². The van der Waals surface area contributed by atoms with Crippen molar-refractivity contribution in [2.45, 2.75) is 39.4 Å². The highest BCUT2D eigenvalue weighted by Crippen LogP contribution is 2.22. The van der Waals surface area contributed by atoms with Crippen LogP contribution in [-0.4, -0.2) is 62.6 Å². The molecule has 2 aromatic carbocycles. The van der Waals surface area contributed by atoms with Crippen LogP contribution in [0.15, 0.2) is 60.7 Å². The number of hydrogen-bond acceptors (Lipinski definition) is 9. The Morgan fingerprint density at radius 3 is 2.00 bits per heavy atom. The van der Waals surface area contributed by atoms with Gasteiger partial charge in [0.2, 0.25) is 0 Å². The lowest BCUT2D eigenvalue weighted by molar-refractivity contribution is -0.125. The van der Waals surface area contributed by atoms with Gasteiger partial charge in [-0.2, -0.15) is 10.4 Å². The summed E-state index contributed by atoms with van der Waals surface area (Å²) in [6, 6.07) is 22.7. The number of carbonyl (C=O) groups is 1. The number of likely N-dealkylation sites (tertiary alicyclic amines) is 1. The van der Waals surface area contributed by atoms with Crippen molar-refractivity contribution < 1.29 is 15.4 Å². The molecular weight excluding hydrogens is 496 g/mol. The summed E-state index contributed by atoms with van der Waals surface area (Å²) in [5.41, 5.74) is 10.7. The van der Waals surface area contributed by atoms with Crippen LogP contribution in [0, 0.1) is 17.2 Å². The zero-order chi connectivity index (χ0) is 27.8. The highest BCUT2D eigenvalue weighted by Gasteiger charge is 2.26. The predicted molar refractivity (Wildman–Crippen MR) is 152 cm³/mol. The van der Waals surface area contributed by atoms with E-state index in [1.54, 1.807) is 6.92 Å². The molecule has 39 heavy (non-hydrogen) atoms. The van der Waals surface area contributed by atoms with Gasteiger partial charge in [0.15, 0.2) is 5.78 Å². The van der Waals surface area contributed by atoms with Crippen molar-refractivity contribution in [2.75, 3.05) is 32.0 Å². The topological polar surface area (TPSA) is 206 Å². The van der Waals surface area contributed by atoms with E-state index in [1.165, 1.54) is 22.4 Å². The van der Waals surface area contributed by atoms with Crippen molar-refractivity contribution >= 4 is 11.6 Å². The molecule has 0 spiro atoms. The van der Waals surface area contributed by atoms with Crippen LogP contribution in [0.4, 0.5) is 5.82 Å². The number of rotatable bonds is 4. The minimum absolute atomic E-state index is 0. The number of ketones is 1. The Hall–Kier alpha value is -3.63. The number of Topliss-reactive ketones (excluding diaryl/α,β-unsaturated/α-hetero) is 1. The number of aromatic nitrogens is 2. The number of benzene rings is 2. The molecule has 1 unspecified atom stereocenters. The number of nitrogen functional groups attached to an aromatic ring is 1. The van der Waals surface area contributed by atoms with Gasteiger partial charge >= 0.3 is 0 Å². The lowest BCUT2D eigenvalue weighted by atomic mass is 9.97. The Morgan fingerprint density at radius 1 is 1.00 bits per heavy atom. The van der Waals surface area contributed by atoms with Gasteiger partial charge in [-0.15, -0.1) is 0 Å². The number of aromatic amines is 1. The minimum Gasteiger partial charge on any atom is -0.412 e. The van der Waals surface area contributed by atoms with Gasteiger partial charge in [-0.05, 0) is 30.9 Å². The van der Waals surface area contributed by atoms with Crippen LogP contribution in [0.5, 0.6) is 0 Å². The Morgan fingerprint density at radius 2 is 1.51 bits per heavy atom. The van der Waals surface area contributed by atoms with Crippen molar-refractivity contribution in [3.05, 3.63) is 83.0 Å². The lowest BCUT2D eigenvalue weighted by Gasteiger charge is -2.27. The molecule has 2 aliphatic heterocycles. The van der Waals surface area contributed by atoms with E-state index in [4.69, 9.17) is 16.1 Å². The van der Waals surface area contributed by atoms with Crippen LogP contribution < -0.4 is 17.4 Å². The maximum absolute atomic E-state index is 11.6. The fourth-order valence-corrected chi connectivity index (χ4v) is 4.37. The average molecular weight is 539 g/mol. The SMILES string of the molecule is CCO.N#CC1CCN(Cc2ccccc2)CC1=O.NN.Nc1n[nH]c2c1CCN(Cc1ccccc1)C2.O. The van der Waals surface area contributed by atoms with Crippen LogP contribution in [0.3, 0.4) is 0 Å². The number of hydrogen-bond donors (Lipinski definition) is 5. The Kier molecular flexibility index (Phi) is 15.9. The first-order chi connectivity index (χ1) is 18.5. The molecule has 2 aliphatic rings. The Labute approximate surface area is 230 Å². The lowest BCUT2D eigenvalue weighted by Crippen LogP contribution is -2.39. The number of nitrogens with zero attached hydrogens (tertiary/aromatic N) is 4. The minimum atomic E-state index is -0.382. The molecule has 10 N–H and O–H groups in total. The zero-order valence-corrected chi connectivity index (χ0v) is 22.6. The van der Waals surface area contributed by atoms with E-state index in [2.05, 4.69) is 74.1 Å². The second-order valence-corrected chi connectivity index (χ2v) is 8.96. The molecule has 0 aliphatic carbocycles. The Balaban J connectivity index is 0.000000329. The molecule has 0 bridgehead atoms. The molecule has 11 heteroatoms. The van der Waals surface area contributed by atoms with Gasteiger partial charge in [0.05, 0.1) is 18.3 Å². The van der Waals surface area contributed by atoms with Crippen molar-refractivity contribution in [3.63, 3.8) is 0 Å². The maximum Gasteiger partial charge on any atom is 0.163 e. The van der Waals surface area contributed by atoms with E-state index in [1.807, 2.05) is 24.3 Å². The third kappa shape index (κ3) is 10.9. The van der Waals surface area contributed by atoms with Crippen LogP contribution in [0.1, 0.15) is 35.7 Å². The molecular formula is C28H42N8O3. The predicted octanol–water partition coefficient (Wildman–Crippen LogP) is 1.14. The normalized spacial score (nSPS) is 16.4. The van der Waals surface area contributed by atoms with E-state index < -0.39 is 0 Å². The summed E-state index contributed by atoms with van der Waals surface area (Å²) in [7, 11) is 0. The number of hydrazine groups is 1. The summed E-state index contributed by atoms with van der Waals surface area (Å²) < 4.78 is 0. The molecule has 0 amide bonds. The van der Waals surface area contributed by atoms with Crippen molar-refractivity contribution in [2.24, 2.45) is 17.6 Å². The second-order valence-electron chi connectivity index (χ2n) is 8.96. The number of H-pyrrole nitrogens is 1. The molecule has 1 saturated heterocycles. The van der Waals surface area contributed by atoms with Gasteiger partial charge < -0.3 is 16.3 Å². The number of aliphatic hydroxyl groups is 1. The number of nitriles is 1. The first-order valence-corrected chi connectivity index (χ1v) is 12.7. The third-order valence-corrected chi connectivity index (χ3v) is 6.20. The number of nitrogens with two attached hydrogens (primary N) is 3. The highest BCUT2D eigenvalue weighted by molar-refractivity contribution is 5.85. The van der Waals surface area contributed by atoms with E-state index in [0.717, 1.165) is 39.1 Å². The van der Waals surface area contributed by atoms with Gasteiger partial charge in [0, 0.05) is 44.9 Å². The molecule has 212 valence electrons. The molecule has 0 saturated carbocycles. The van der Waals surface area contributed by atoms with Gasteiger partial charge in [0.1, 0.15) is 11.7 Å². The molecule has 1 atom stereocenters. The molecule has 11 nitrogen and oxygen atoms in total. The fourth-order valence-electron chi connectivity index (χ4n) is 4.37. The quantitative estimate of drug-likeness (QED) is 0.238. The van der Waals surface area contributed by atoms with E-state index in [-0.39, 0.29) is 23.8 Å². The Bertz CT molecular complexity index is 1120. The smallest absolute Gasteiger partial charge is 0.163 e. The van der Waals surface area contributed by atoms with E-state index in [0.29, 0.717) is 18.8 Å². The fraction of sp³-hybridized carbons (Fsp3) is 0.393. The van der Waals surface area contributed by atoms with Crippen molar-refractivity contribution in [1.29, 1.82) is 5.26 Å². The molecule has 3 aromatic rings. The molecule has 3 heterocycles. The summed E-state index contributed by atoms with van der Waals surface area (Å²) in [4.78, 5) is 16.1. The number of aliphatic hydroxyl groups excluding tert-OH is 1. The first-order valence-electron chi connectivity index (χ1n) is 12.7. The summed E-state index contributed by atoms with van der Waals surface area (Å²) in [6.07, 6.45) is 1.66. The standard InChI is InChI=1S/C13H16N4.C13H14N2O.C2H6O.H4N2.H2O/c14-13-11-6-7-17(9-12(11)15-16-13)8-10-4-2-1-3-5-10;14-8-12-6-7-15(10-13(12)16)9-11-4-2-1-3-5-11;1-2-3;1-2;/h1-5H,6-9H2,(H3,14,15,16);1-5,12H,6-7,9-10H2;3H,2H2,1H3;1-2H2;1H2. The van der Waals surface area contributed by atoms with Gasteiger partial charge in [-0.25, -0.2) is 0 Å². The summed E-state index contributed by atoms with van der Waals surface area (Å²) in [5, 5.41) is 23.4. The van der Waals surface area contributed by atoms with E-state index >= 15 is 0 Å². The second kappa shape index (κ2) is 18.6. The van der Waals surface area contributed by atoms with Gasteiger partial charge in [-0.3, -0.25) is 31.4 Å². The van der Waals surface area contributed by atoms with Crippen LogP contribution in [0.2, 0.25) is 0 Å². The summed E-state index contributed by atoms with van der Waals surface area (Å²) in [6.45, 7) is 6.91. The number of carbonyl (C=O) groups excluding carboxylic acids is 1. The average Bonchev–Trinajstić information content (AvgIpc) is 3.32. The van der Waals surface area contributed by atoms with Crippen LogP contribution in [-0.2, 0) is 30.8 Å². The molecule has 1 aromatic heterocycles. The summed E-state index contributed by atoms with van der Waals surface area (Å²) in [5.74, 6) is 8.34.